The Kier molecular flexibility index (Phi) is 4.62. The van der Waals surface area contributed by atoms with Crippen LogP contribution in [0.1, 0.15) is 29.9 Å². The molecule has 1 aromatic heterocycles. The van der Waals surface area contributed by atoms with E-state index >= 15 is 0 Å². The van der Waals surface area contributed by atoms with Crippen molar-refractivity contribution in [1.29, 1.82) is 0 Å². The van der Waals surface area contributed by atoms with E-state index in [0.29, 0.717) is 11.6 Å². The van der Waals surface area contributed by atoms with Crippen molar-refractivity contribution in [3.63, 3.8) is 0 Å². The predicted molar refractivity (Wildman–Crippen MR) is 95.5 cm³/mol. The quantitative estimate of drug-likeness (QED) is 0.853. The third-order valence-corrected chi connectivity index (χ3v) is 4.38. The summed E-state index contributed by atoms with van der Waals surface area (Å²) in [6.07, 6.45) is -0.185. The second-order valence-electron chi connectivity index (χ2n) is 5.79. The molecule has 0 aliphatic carbocycles. The van der Waals surface area contributed by atoms with Crippen molar-refractivity contribution >= 4 is 29.1 Å². The zero-order chi connectivity index (χ0) is 17.3. The normalized spacial score (nSPS) is 15.8. The zero-order valence-corrected chi connectivity index (χ0v) is 14.7. The molecule has 24 heavy (non-hydrogen) atoms. The van der Waals surface area contributed by atoms with Gasteiger partial charge in [0.05, 0.1) is 12.3 Å². The number of aromatic nitrogens is 1. The highest BCUT2D eigenvalue weighted by Gasteiger charge is 2.33. The van der Waals surface area contributed by atoms with Crippen LogP contribution in [0.25, 0.3) is 0 Å². The molecule has 0 saturated carbocycles. The number of hydrogen-bond donors (Lipinski definition) is 1. The maximum Gasteiger partial charge on any atom is 0.325 e. The minimum Gasteiger partial charge on any atom is -0.465 e. The summed E-state index contributed by atoms with van der Waals surface area (Å²) in [4.78, 5) is 18.7. The molecule has 126 valence electrons. The van der Waals surface area contributed by atoms with Gasteiger partial charge >= 0.3 is 5.97 Å². The van der Waals surface area contributed by atoms with Gasteiger partial charge in [-0.1, -0.05) is 23.7 Å². The van der Waals surface area contributed by atoms with Gasteiger partial charge in [-0.15, -0.1) is 0 Å². The topological polar surface area (TPSA) is 54.5 Å². The summed E-state index contributed by atoms with van der Waals surface area (Å²) >= 11 is 5.99. The lowest BCUT2D eigenvalue weighted by molar-refractivity contribution is -0.141. The molecule has 5 nitrogen and oxygen atoms in total. The molecule has 0 amide bonds. The van der Waals surface area contributed by atoms with E-state index in [9.17, 15) is 4.79 Å². The second kappa shape index (κ2) is 6.69. The minimum absolute atomic E-state index is 0.158. The third-order valence-electron chi connectivity index (χ3n) is 4.13. The van der Waals surface area contributed by atoms with Crippen molar-refractivity contribution in [3.05, 3.63) is 52.2 Å². The van der Waals surface area contributed by atoms with Crippen LogP contribution in [-0.4, -0.2) is 24.1 Å². The summed E-state index contributed by atoms with van der Waals surface area (Å²) in [5, 5.41) is 4.08. The number of benzene rings is 1. The van der Waals surface area contributed by atoms with E-state index in [1.807, 2.05) is 43.0 Å². The first kappa shape index (κ1) is 16.6. The monoisotopic (exact) mass is 345 g/mol. The molecule has 6 heteroatoms. The molecule has 0 saturated heterocycles. The Labute approximate surface area is 146 Å². The molecule has 1 aliphatic heterocycles. The number of nitrogens with zero attached hydrogens (tertiary/aromatic N) is 2. The SMILES string of the molecule is CCOC(=O)CN1c2cc(C)c(C)nc2NC1c1ccc(Cl)cc1. The molecule has 2 aromatic rings. The summed E-state index contributed by atoms with van der Waals surface area (Å²) in [6, 6.07) is 9.63. The van der Waals surface area contributed by atoms with Crippen LogP contribution in [0.5, 0.6) is 0 Å². The van der Waals surface area contributed by atoms with Crippen molar-refractivity contribution in [2.24, 2.45) is 0 Å². The van der Waals surface area contributed by atoms with Crippen LogP contribution in [0.2, 0.25) is 5.02 Å². The van der Waals surface area contributed by atoms with Crippen LogP contribution in [0.15, 0.2) is 30.3 Å². The van der Waals surface area contributed by atoms with Gasteiger partial charge in [0.2, 0.25) is 0 Å². The van der Waals surface area contributed by atoms with E-state index in [1.165, 1.54) is 0 Å². The Balaban J connectivity index is 1.98. The Bertz CT molecular complexity index is 762. The molecule has 0 bridgehead atoms. The number of fused-ring (bicyclic) bond motifs is 1. The van der Waals surface area contributed by atoms with Gasteiger partial charge in [-0.2, -0.15) is 0 Å². The third kappa shape index (κ3) is 3.17. The molecule has 1 aliphatic rings. The van der Waals surface area contributed by atoms with Crippen LogP contribution in [0, 0.1) is 13.8 Å². The Morgan fingerprint density at radius 2 is 2.04 bits per heavy atom. The van der Waals surface area contributed by atoms with Crippen LogP contribution < -0.4 is 10.2 Å². The minimum atomic E-state index is -0.260. The van der Waals surface area contributed by atoms with Gasteiger partial charge in [-0.3, -0.25) is 4.79 Å². The lowest BCUT2D eigenvalue weighted by Crippen LogP contribution is -2.34. The van der Waals surface area contributed by atoms with E-state index in [0.717, 1.165) is 28.3 Å². The summed E-state index contributed by atoms with van der Waals surface area (Å²) < 4.78 is 5.13. The zero-order valence-electron chi connectivity index (χ0n) is 14.0. The fourth-order valence-electron chi connectivity index (χ4n) is 2.79. The maximum atomic E-state index is 12.1. The largest absolute Gasteiger partial charge is 0.465 e. The van der Waals surface area contributed by atoms with Crippen molar-refractivity contribution in [3.8, 4) is 0 Å². The number of nitrogens with one attached hydrogen (secondary N) is 1. The van der Waals surface area contributed by atoms with Gasteiger partial charge in [0.1, 0.15) is 12.7 Å². The van der Waals surface area contributed by atoms with Crippen LogP contribution in [0.3, 0.4) is 0 Å². The van der Waals surface area contributed by atoms with Crippen LogP contribution >= 0.6 is 11.6 Å². The van der Waals surface area contributed by atoms with E-state index < -0.39 is 0 Å². The molecule has 3 rings (SSSR count). The number of halogens is 1. The van der Waals surface area contributed by atoms with E-state index in [1.54, 1.807) is 6.92 Å². The summed E-state index contributed by atoms with van der Waals surface area (Å²) in [5.41, 5.74) is 3.97. The number of ether oxygens (including phenoxy) is 1. The molecule has 0 spiro atoms. The summed E-state index contributed by atoms with van der Waals surface area (Å²) in [5.74, 6) is 0.520. The molecular formula is C18H20ClN3O2. The van der Waals surface area contributed by atoms with Gasteiger partial charge in [0, 0.05) is 10.7 Å². The number of rotatable bonds is 4. The Morgan fingerprint density at radius 3 is 2.71 bits per heavy atom. The van der Waals surface area contributed by atoms with E-state index in [2.05, 4.69) is 16.4 Å². The van der Waals surface area contributed by atoms with E-state index in [-0.39, 0.29) is 18.7 Å². The Hall–Kier alpha value is -2.27. The smallest absolute Gasteiger partial charge is 0.325 e. The standard InChI is InChI=1S/C18H20ClN3O2/c1-4-24-16(23)10-22-15-9-11(2)12(3)20-17(15)21-18(22)13-5-7-14(19)8-6-13/h5-9,18H,4,10H2,1-3H3,(H,20,21). The molecule has 1 unspecified atom stereocenters. The Morgan fingerprint density at radius 1 is 1.33 bits per heavy atom. The average molecular weight is 346 g/mol. The van der Waals surface area contributed by atoms with Crippen molar-refractivity contribution in [2.75, 3.05) is 23.4 Å². The summed E-state index contributed by atoms with van der Waals surface area (Å²) in [7, 11) is 0. The number of hydrogen-bond acceptors (Lipinski definition) is 5. The van der Waals surface area contributed by atoms with Gasteiger partial charge in [0.25, 0.3) is 0 Å². The number of pyridine rings is 1. The molecule has 1 atom stereocenters. The molecule has 1 aromatic carbocycles. The first-order valence-electron chi connectivity index (χ1n) is 7.92. The molecular weight excluding hydrogens is 326 g/mol. The van der Waals surface area contributed by atoms with Gasteiger partial charge < -0.3 is 15.0 Å². The second-order valence-corrected chi connectivity index (χ2v) is 6.23. The number of carbonyl (C=O) groups excluding carboxylic acids is 1. The lowest BCUT2D eigenvalue weighted by atomic mass is 10.1. The molecule has 0 radical (unpaired) electrons. The average Bonchev–Trinajstić information content (AvgIpc) is 2.87. The first-order chi connectivity index (χ1) is 11.5. The fraction of sp³-hybridized carbons (Fsp3) is 0.333. The highest BCUT2D eigenvalue weighted by molar-refractivity contribution is 6.30. The van der Waals surface area contributed by atoms with Gasteiger partial charge in [-0.05, 0) is 50.1 Å². The number of aryl methyl sites for hydroxylation is 2. The maximum absolute atomic E-state index is 12.1. The summed E-state index contributed by atoms with van der Waals surface area (Å²) in [6.45, 7) is 6.32. The number of carbonyl (C=O) groups is 1. The predicted octanol–water partition coefficient (Wildman–Crippen LogP) is 3.85. The van der Waals surface area contributed by atoms with Gasteiger partial charge in [0.15, 0.2) is 5.82 Å². The first-order valence-corrected chi connectivity index (χ1v) is 8.30. The highest BCUT2D eigenvalue weighted by atomic mass is 35.5. The van der Waals surface area contributed by atoms with Crippen molar-refractivity contribution in [2.45, 2.75) is 26.9 Å². The van der Waals surface area contributed by atoms with Gasteiger partial charge in [-0.25, -0.2) is 4.98 Å². The van der Waals surface area contributed by atoms with E-state index in [4.69, 9.17) is 16.3 Å². The van der Waals surface area contributed by atoms with Crippen molar-refractivity contribution in [1.82, 2.24) is 4.98 Å². The highest BCUT2D eigenvalue weighted by Crippen LogP contribution is 2.40. The number of anilines is 2. The lowest BCUT2D eigenvalue weighted by Gasteiger charge is -2.26. The van der Waals surface area contributed by atoms with Crippen LogP contribution in [0.4, 0.5) is 11.5 Å². The fourth-order valence-corrected chi connectivity index (χ4v) is 2.92. The molecule has 0 fully saturated rings. The molecule has 1 N–H and O–H groups in total. The molecule has 2 heterocycles. The van der Waals surface area contributed by atoms with Crippen molar-refractivity contribution < 1.29 is 9.53 Å². The van der Waals surface area contributed by atoms with Crippen LogP contribution in [-0.2, 0) is 9.53 Å². The number of esters is 1.